The van der Waals surface area contributed by atoms with Crippen molar-refractivity contribution >= 4 is 29.1 Å². The van der Waals surface area contributed by atoms with Crippen molar-refractivity contribution < 1.29 is 18.8 Å². The van der Waals surface area contributed by atoms with Gasteiger partial charge in [0.2, 0.25) is 5.91 Å². The first-order valence-electron chi connectivity index (χ1n) is 8.58. The predicted molar refractivity (Wildman–Crippen MR) is 99.9 cm³/mol. The van der Waals surface area contributed by atoms with E-state index in [1.165, 1.54) is 34.1 Å². The quantitative estimate of drug-likeness (QED) is 0.841. The number of nitrogens with zero attached hydrogens (tertiary/aromatic N) is 2. The molecule has 0 aliphatic carbocycles. The molecule has 2 aromatic rings. The minimum absolute atomic E-state index is 0.199. The normalized spacial score (nSPS) is 14.5. The molecule has 7 heteroatoms. The van der Waals surface area contributed by atoms with Gasteiger partial charge in [-0.05, 0) is 49.7 Å². The van der Waals surface area contributed by atoms with E-state index in [9.17, 15) is 18.8 Å². The summed E-state index contributed by atoms with van der Waals surface area (Å²) in [6.45, 7) is 4.12. The van der Waals surface area contributed by atoms with Crippen LogP contribution in [0.1, 0.15) is 11.1 Å². The van der Waals surface area contributed by atoms with Gasteiger partial charge in [0.15, 0.2) is 0 Å². The van der Waals surface area contributed by atoms with E-state index in [0.717, 1.165) is 11.1 Å². The van der Waals surface area contributed by atoms with Crippen molar-refractivity contribution in [3.05, 3.63) is 59.4 Å². The first kappa shape index (κ1) is 18.6. The molecule has 1 fully saturated rings. The van der Waals surface area contributed by atoms with Gasteiger partial charge in [-0.3, -0.25) is 14.4 Å². The number of rotatable bonds is 4. The molecule has 0 spiro atoms. The van der Waals surface area contributed by atoms with E-state index in [1.807, 2.05) is 32.0 Å². The van der Waals surface area contributed by atoms with Gasteiger partial charge in [-0.15, -0.1) is 0 Å². The van der Waals surface area contributed by atoms with Crippen molar-refractivity contribution in [3.63, 3.8) is 0 Å². The smallest absolute Gasteiger partial charge is 0.316 e. The Hall–Kier alpha value is -3.22. The van der Waals surface area contributed by atoms with Gasteiger partial charge in [-0.1, -0.05) is 17.7 Å². The molecule has 1 N–H and O–H groups in total. The van der Waals surface area contributed by atoms with E-state index in [-0.39, 0.29) is 25.5 Å². The second-order valence-electron chi connectivity index (χ2n) is 6.53. The van der Waals surface area contributed by atoms with Crippen molar-refractivity contribution in [3.8, 4) is 0 Å². The molecule has 2 aromatic carbocycles. The number of piperazine rings is 1. The number of hydrogen-bond donors (Lipinski definition) is 1. The summed E-state index contributed by atoms with van der Waals surface area (Å²) in [6, 6.07) is 11.0. The molecule has 0 unspecified atom stereocenters. The summed E-state index contributed by atoms with van der Waals surface area (Å²) in [6.07, 6.45) is 0. The minimum Gasteiger partial charge on any atom is -0.324 e. The molecule has 0 bridgehead atoms. The number of benzene rings is 2. The molecule has 0 saturated carbocycles. The van der Waals surface area contributed by atoms with Crippen LogP contribution in [0.5, 0.6) is 0 Å². The van der Waals surface area contributed by atoms with Crippen LogP contribution in [-0.2, 0) is 14.4 Å². The largest absolute Gasteiger partial charge is 0.324 e. The molecule has 6 nitrogen and oxygen atoms in total. The van der Waals surface area contributed by atoms with E-state index >= 15 is 0 Å². The van der Waals surface area contributed by atoms with Gasteiger partial charge in [0, 0.05) is 24.5 Å². The van der Waals surface area contributed by atoms with Crippen molar-refractivity contribution in [2.75, 3.05) is 29.9 Å². The average molecular weight is 369 g/mol. The average Bonchev–Trinajstić information content (AvgIpc) is 2.63. The van der Waals surface area contributed by atoms with Gasteiger partial charge in [-0.25, -0.2) is 4.39 Å². The van der Waals surface area contributed by atoms with Crippen molar-refractivity contribution in [2.24, 2.45) is 0 Å². The Balaban J connectivity index is 1.63. The predicted octanol–water partition coefficient (Wildman–Crippen LogP) is 2.26. The third-order valence-electron chi connectivity index (χ3n) is 4.44. The lowest BCUT2D eigenvalue weighted by molar-refractivity contribution is -0.147. The maximum Gasteiger partial charge on any atom is 0.316 e. The third-order valence-corrected chi connectivity index (χ3v) is 4.44. The number of nitrogens with one attached hydrogen (secondary N) is 1. The number of halogens is 1. The Labute approximate surface area is 156 Å². The van der Waals surface area contributed by atoms with Crippen LogP contribution in [0.15, 0.2) is 42.5 Å². The van der Waals surface area contributed by atoms with Crippen molar-refractivity contribution in [1.82, 2.24) is 4.90 Å². The van der Waals surface area contributed by atoms with Crippen molar-refractivity contribution in [1.29, 1.82) is 0 Å². The standard InChI is InChI=1S/C20H20FN3O3/c1-13-3-8-17(14(2)11-13)22-18(25)12-23-9-10-24(20(27)19(23)26)16-6-4-15(21)5-7-16/h3-8,11H,9-10,12H2,1-2H3,(H,22,25). The zero-order chi connectivity index (χ0) is 19.6. The van der Waals surface area contributed by atoms with Crippen LogP contribution in [0.4, 0.5) is 15.8 Å². The minimum atomic E-state index is -0.749. The summed E-state index contributed by atoms with van der Waals surface area (Å²) in [5.41, 5.74) is 3.14. The number of hydrogen-bond acceptors (Lipinski definition) is 3. The number of anilines is 2. The molecular weight excluding hydrogens is 349 g/mol. The SMILES string of the molecule is Cc1ccc(NC(=O)CN2CCN(c3ccc(F)cc3)C(=O)C2=O)c(C)c1. The van der Waals surface area contributed by atoms with Crippen LogP contribution in [0.2, 0.25) is 0 Å². The highest BCUT2D eigenvalue weighted by molar-refractivity contribution is 6.41. The first-order valence-corrected chi connectivity index (χ1v) is 8.58. The monoisotopic (exact) mass is 369 g/mol. The van der Waals surface area contributed by atoms with Crippen LogP contribution in [0, 0.1) is 19.7 Å². The van der Waals surface area contributed by atoms with Gasteiger partial charge >= 0.3 is 11.8 Å². The second-order valence-corrected chi connectivity index (χ2v) is 6.53. The molecule has 0 radical (unpaired) electrons. The molecule has 0 atom stereocenters. The van der Waals surface area contributed by atoms with Gasteiger partial charge in [-0.2, -0.15) is 0 Å². The highest BCUT2D eigenvalue weighted by atomic mass is 19.1. The lowest BCUT2D eigenvalue weighted by atomic mass is 10.1. The molecule has 3 rings (SSSR count). The Morgan fingerprint density at radius 1 is 1.04 bits per heavy atom. The number of aryl methyl sites for hydroxylation is 2. The maximum absolute atomic E-state index is 13.0. The van der Waals surface area contributed by atoms with E-state index in [1.54, 1.807) is 0 Å². The van der Waals surface area contributed by atoms with E-state index in [2.05, 4.69) is 5.32 Å². The summed E-state index contributed by atoms with van der Waals surface area (Å²) in [5.74, 6) is -2.26. The van der Waals surface area contributed by atoms with Crippen LogP contribution in [-0.4, -0.2) is 42.3 Å². The Morgan fingerprint density at radius 2 is 1.74 bits per heavy atom. The third kappa shape index (κ3) is 4.13. The highest BCUT2D eigenvalue weighted by Gasteiger charge is 2.34. The van der Waals surface area contributed by atoms with Crippen LogP contribution < -0.4 is 10.2 Å². The fourth-order valence-corrected chi connectivity index (χ4v) is 3.01. The van der Waals surface area contributed by atoms with Gasteiger partial charge in [0.05, 0.1) is 0 Å². The van der Waals surface area contributed by atoms with Gasteiger partial charge in [0.1, 0.15) is 12.4 Å². The van der Waals surface area contributed by atoms with Crippen LogP contribution in [0.3, 0.4) is 0 Å². The number of carbonyl (C=O) groups excluding carboxylic acids is 3. The molecule has 3 amide bonds. The number of carbonyl (C=O) groups is 3. The molecule has 1 heterocycles. The molecule has 1 aliphatic heterocycles. The zero-order valence-electron chi connectivity index (χ0n) is 15.2. The fraction of sp³-hybridized carbons (Fsp3) is 0.250. The van der Waals surface area contributed by atoms with Gasteiger partial charge in [0.25, 0.3) is 0 Å². The van der Waals surface area contributed by atoms with Gasteiger partial charge < -0.3 is 15.1 Å². The molecule has 1 aliphatic rings. The fourth-order valence-electron chi connectivity index (χ4n) is 3.01. The zero-order valence-corrected chi connectivity index (χ0v) is 15.2. The summed E-state index contributed by atoms with van der Waals surface area (Å²) in [4.78, 5) is 39.5. The Morgan fingerprint density at radius 3 is 2.41 bits per heavy atom. The summed E-state index contributed by atoms with van der Waals surface area (Å²) < 4.78 is 13.0. The van der Waals surface area contributed by atoms with Crippen LogP contribution in [0.25, 0.3) is 0 Å². The molecule has 140 valence electrons. The highest BCUT2D eigenvalue weighted by Crippen LogP contribution is 2.19. The first-order chi connectivity index (χ1) is 12.8. The molecule has 1 saturated heterocycles. The summed E-state index contributed by atoms with van der Waals surface area (Å²) in [7, 11) is 0. The van der Waals surface area contributed by atoms with E-state index in [4.69, 9.17) is 0 Å². The van der Waals surface area contributed by atoms with Crippen molar-refractivity contribution in [2.45, 2.75) is 13.8 Å². The lowest BCUT2D eigenvalue weighted by Gasteiger charge is -2.33. The molecule has 0 aromatic heterocycles. The Kier molecular flexibility index (Phi) is 5.21. The van der Waals surface area contributed by atoms with E-state index < -0.39 is 17.6 Å². The second kappa shape index (κ2) is 7.57. The Bertz CT molecular complexity index is 896. The van der Waals surface area contributed by atoms with Crippen LogP contribution >= 0.6 is 0 Å². The maximum atomic E-state index is 13.0. The summed E-state index contributed by atoms with van der Waals surface area (Å²) in [5, 5.41) is 2.77. The lowest BCUT2D eigenvalue weighted by Crippen LogP contribution is -2.56. The van der Waals surface area contributed by atoms with E-state index in [0.29, 0.717) is 11.4 Å². The number of amides is 3. The summed E-state index contributed by atoms with van der Waals surface area (Å²) >= 11 is 0. The molecular formula is C20H20FN3O3. The topological polar surface area (TPSA) is 69.7 Å². The molecule has 27 heavy (non-hydrogen) atoms.